The summed E-state index contributed by atoms with van der Waals surface area (Å²) in [6.45, 7) is 6.52. The van der Waals surface area contributed by atoms with Gasteiger partial charge in [-0.15, -0.1) is 0 Å². The van der Waals surface area contributed by atoms with Crippen LogP contribution in [0.5, 0.6) is 0 Å². The van der Waals surface area contributed by atoms with E-state index in [2.05, 4.69) is 23.7 Å². The molecule has 3 atom stereocenters. The molecule has 4 rings (SSSR count). The van der Waals surface area contributed by atoms with Crippen molar-refractivity contribution >= 4 is 11.7 Å². The normalized spacial score (nSPS) is 27.2. The second-order valence-electron chi connectivity index (χ2n) is 7.43. The minimum atomic E-state index is 0.0851. The van der Waals surface area contributed by atoms with Crippen molar-refractivity contribution in [3.05, 3.63) is 41.6 Å². The van der Waals surface area contributed by atoms with Crippen LogP contribution in [-0.4, -0.2) is 28.8 Å². The second-order valence-corrected chi connectivity index (χ2v) is 7.43. The van der Waals surface area contributed by atoms with Crippen molar-refractivity contribution in [3.8, 4) is 0 Å². The summed E-state index contributed by atoms with van der Waals surface area (Å²) in [5, 5.41) is 0. The minimum Gasteiger partial charge on any atom is -0.469 e. The number of carbonyl (C=O) groups excluding carboxylic acids is 1. The van der Waals surface area contributed by atoms with E-state index in [0.717, 1.165) is 36.9 Å². The molecule has 2 aliphatic rings. The lowest BCUT2D eigenvalue weighted by molar-refractivity contribution is 0.0958. The van der Waals surface area contributed by atoms with Gasteiger partial charge in [-0.05, 0) is 30.4 Å². The summed E-state index contributed by atoms with van der Waals surface area (Å²) < 4.78 is 5.50. The number of hydrogen-bond acceptors (Lipinski definition) is 5. The number of fused-ring (bicyclic) bond motifs is 1. The molecule has 0 amide bonds. The Morgan fingerprint density at radius 1 is 1.21 bits per heavy atom. The molecule has 1 aliphatic heterocycles. The molecule has 3 unspecified atom stereocenters. The average molecular weight is 325 g/mol. The molecule has 2 aromatic heterocycles. The van der Waals surface area contributed by atoms with Gasteiger partial charge < -0.3 is 9.32 Å². The zero-order valence-electron chi connectivity index (χ0n) is 14.2. The molecule has 1 aliphatic carbocycles. The Bertz CT molecular complexity index is 731. The van der Waals surface area contributed by atoms with E-state index < -0.39 is 0 Å². The number of nitrogens with zero attached hydrogens (tertiary/aromatic N) is 3. The monoisotopic (exact) mass is 325 g/mol. The third-order valence-electron chi connectivity index (χ3n) is 5.12. The molecule has 24 heavy (non-hydrogen) atoms. The Balaban J connectivity index is 1.62. The molecule has 0 aromatic carbocycles. The van der Waals surface area contributed by atoms with Gasteiger partial charge in [0.2, 0.25) is 5.95 Å². The lowest BCUT2D eigenvalue weighted by Crippen LogP contribution is -2.40. The molecular weight excluding hydrogens is 302 g/mol. The van der Waals surface area contributed by atoms with Crippen LogP contribution in [-0.2, 0) is 6.42 Å². The Morgan fingerprint density at radius 3 is 2.71 bits per heavy atom. The van der Waals surface area contributed by atoms with Crippen LogP contribution in [0.1, 0.15) is 54.4 Å². The zero-order chi connectivity index (χ0) is 16.7. The highest BCUT2D eigenvalue weighted by Crippen LogP contribution is 2.33. The van der Waals surface area contributed by atoms with Crippen molar-refractivity contribution in [2.45, 2.75) is 39.0 Å². The fourth-order valence-corrected chi connectivity index (χ4v) is 4.14. The summed E-state index contributed by atoms with van der Waals surface area (Å²) in [5.41, 5.74) is 1.54. The van der Waals surface area contributed by atoms with Crippen LogP contribution in [0.15, 0.2) is 29.0 Å². The van der Waals surface area contributed by atoms with Crippen LogP contribution in [0.2, 0.25) is 0 Å². The first-order valence-corrected chi connectivity index (χ1v) is 8.77. The van der Waals surface area contributed by atoms with Crippen LogP contribution in [0.25, 0.3) is 0 Å². The zero-order valence-corrected chi connectivity index (χ0v) is 14.2. The van der Waals surface area contributed by atoms with Gasteiger partial charge in [0.1, 0.15) is 5.76 Å². The van der Waals surface area contributed by atoms with Crippen molar-refractivity contribution in [1.82, 2.24) is 9.97 Å². The number of anilines is 1. The fourth-order valence-electron chi connectivity index (χ4n) is 4.14. The summed E-state index contributed by atoms with van der Waals surface area (Å²) in [7, 11) is 0. The van der Waals surface area contributed by atoms with Crippen molar-refractivity contribution in [2.24, 2.45) is 11.8 Å². The first-order valence-electron chi connectivity index (χ1n) is 8.77. The summed E-state index contributed by atoms with van der Waals surface area (Å²) in [4.78, 5) is 24.0. The van der Waals surface area contributed by atoms with Crippen LogP contribution < -0.4 is 4.90 Å². The van der Waals surface area contributed by atoms with E-state index in [1.54, 1.807) is 12.5 Å². The van der Waals surface area contributed by atoms with Gasteiger partial charge in [0.25, 0.3) is 0 Å². The van der Waals surface area contributed by atoms with Crippen LogP contribution in [0.4, 0.5) is 5.95 Å². The lowest BCUT2D eigenvalue weighted by atomic mass is 9.85. The third kappa shape index (κ3) is 2.83. The maximum atomic E-state index is 12.4. The Labute approximate surface area is 142 Å². The van der Waals surface area contributed by atoms with Gasteiger partial charge in [-0.2, -0.15) is 0 Å². The molecule has 126 valence electrons. The highest BCUT2D eigenvalue weighted by Gasteiger charge is 2.31. The fraction of sp³-hybridized carbons (Fsp3) is 0.526. The molecule has 5 heteroatoms. The number of hydrogen-bond donors (Lipinski definition) is 0. The van der Waals surface area contributed by atoms with Crippen molar-refractivity contribution in [3.63, 3.8) is 0 Å². The Morgan fingerprint density at radius 2 is 2.00 bits per heavy atom. The van der Waals surface area contributed by atoms with E-state index in [4.69, 9.17) is 9.40 Å². The molecule has 1 fully saturated rings. The smallest absolute Gasteiger partial charge is 0.225 e. The number of aromatic nitrogens is 2. The Hall–Kier alpha value is -2.17. The van der Waals surface area contributed by atoms with Gasteiger partial charge in [-0.3, -0.25) is 4.79 Å². The summed E-state index contributed by atoms with van der Waals surface area (Å²) in [5.74, 6) is 3.12. The maximum absolute atomic E-state index is 12.4. The highest BCUT2D eigenvalue weighted by atomic mass is 16.3. The molecule has 0 bridgehead atoms. The van der Waals surface area contributed by atoms with Crippen LogP contribution >= 0.6 is 0 Å². The molecule has 2 aromatic rings. The summed E-state index contributed by atoms with van der Waals surface area (Å²) >= 11 is 0. The largest absolute Gasteiger partial charge is 0.469 e. The molecule has 0 saturated carbocycles. The van der Waals surface area contributed by atoms with Gasteiger partial charge in [-0.25, -0.2) is 9.97 Å². The highest BCUT2D eigenvalue weighted by molar-refractivity contribution is 5.98. The van der Waals surface area contributed by atoms with Crippen LogP contribution in [0, 0.1) is 11.8 Å². The number of Topliss-reactive ketones (excluding diaryl/α,β-unsaturated/α-hetero) is 1. The van der Waals surface area contributed by atoms with Gasteiger partial charge >= 0.3 is 0 Å². The van der Waals surface area contributed by atoms with Crippen molar-refractivity contribution in [1.29, 1.82) is 0 Å². The first kappa shape index (κ1) is 15.4. The predicted molar refractivity (Wildman–Crippen MR) is 91.3 cm³/mol. The number of ketones is 1. The number of carbonyl (C=O) groups is 1. The number of rotatable bonds is 2. The van der Waals surface area contributed by atoms with E-state index in [1.807, 2.05) is 12.1 Å². The molecule has 0 spiro atoms. The van der Waals surface area contributed by atoms with Crippen molar-refractivity contribution < 1.29 is 9.21 Å². The number of piperidine rings is 1. The maximum Gasteiger partial charge on any atom is 0.225 e. The standard InChI is InChI=1S/C19H23N3O2/c1-12-6-13(2)11-22(10-12)19-20-9-15-16(21-19)7-14(8-17(15)23)18-4-3-5-24-18/h3-5,9,12-14H,6-8,10-11H2,1-2H3. The topological polar surface area (TPSA) is 59.2 Å². The van der Waals surface area contributed by atoms with E-state index in [1.165, 1.54) is 6.42 Å². The van der Waals surface area contributed by atoms with Gasteiger partial charge in [0.15, 0.2) is 5.78 Å². The van der Waals surface area contributed by atoms with Crippen molar-refractivity contribution in [2.75, 3.05) is 18.0 Å². The van der Waals surface area contributed by atoms with Crippen LogP contribution in [0.3, 0.4) is 0 Å². The number of furan rings is 1. The molecule has 0 N–H and O–H groups in total. The van der Waals surface area contributed by atoms with Gasteiger partial charge in [0, 0.05) is 38.0 Å². The summed E-state index contributed by atoms with van der Waals surface area (Å²) in [6, 6.07) is 3.82. The minimum absolute atomic E-state index is 0.0851. The molecule has 5 nitrogen and oxygen atoms in total. The summed E-state index contributed by atoms with van der Waals surface area (Å²) in [6.07, 6.45) is 5.85. The molecule has 3 heterocycles. The van der Waals surface area contributed by atoms with Gasteiger partial charge in [0.05, 0.1) is 17.5 Å². The van der Waals surface area contributed by atoms with E-state index >= 15 is 0 Å². The second kappa shape index (κ2) is 6.04. The van der Waals surface area contributed by atoms with E-state index in [9.17, 15) is 4.79 Å². The predicted octanol–water partition coefficient (Wildman–Crippen LogP) is 3.46. The third-order valence-corrected chi connectivity index (χ3v) is 5.12. The Kier molecular flexibility index (Phi) is 3.87. The first-order chi connectivity index (χ1) is 11.6. The molecule has 0 radical (unpaired) electrons. The quantitative estimate of drug-likeness (QED) is 0.846. The SMILES string of the molecule is CC1CC(C)CN(c2ncc3c(n2)CC(c2ccco2)CC3=O)C1. The molecule has 1 saturated heterocycles. The van der Waals surface area contributed by atoms with Gasteiger partial charge in [-0.1, -0.05) is 13.8 Å². The lowest BCUT2D eigenvalue weighted by Gasteiger charge is -2.35. The van der Waals surface area contributed by atoms with E-state index in [0.29, 0.717) is 23.8 Å². The molecular formula is C19H23N3O2. The van der Waals surface area contributed by atoms with E-state index in [-0.39, 0.29) is 11.7 Å². The average Bonchev–Trinajstić information content (AvgIpc) is 3.08.